The minimum atomic E-state index is -0.402. The molecule has 1 aliphatic heterocycles. The highest BCUT2D eigenvalue weighted by atomic mass is 32.1. The third-order valence-electron chi connectivity index (χ3n) is 4.59. The Hall–Kier alpha value is -2.44. The molecule has 0 saturated heterocycles. The van der Waals surface area contributed by atoms with Gasteiger partial charge in [0, 0.05) is 21.9 Å². The number of nitrogens with zero attached hydrogens (tertiary/aromatic N) is 1. The van der Waals surface area contributed by atoms with Crippen molar-refractivity contribution in [2.45, 2.75) is 12.5 Å². The molecule has 1 aliphatic rings. The summed E-state index contributed by atoms with van der Waals surface area (Å²) in [4.78, 5) is 29.3. The van der Waals surface area contributed by atoms with Crippen LogP contribution in [0.5, 0.6) is 0 Å². The molecule has 132 valence electrons. The predicted molar refractivity (Wildman–Crippen MR) is 103 cm³/mol. The first-order valence-corrected chi connectivity index (χ1v) is 10.0. The van der Waals surface area contributed by atoms with Crippen LogP contribution >= 0.6 is 22.7 Å². The fourth-order valence-corrected chi connectivity index (χ4v) is 5.08. The van der Waals surface area contributed by atoms with Crippen LogP contribution in [0.25, 0.3) is 0 Å². The lowest BCUT2D eigenvalue weighted by molar-refractivity contribution is 0.0599. The van der Waals surface area contributed by atoms with Gasteiger partial charge in [-0.15, -0.1) is 22.7 Å². The van der Waals surface area contributed by atoms with Gasteiger partial charge in [0.15, 0.2) is 0 Å². The Kier molecular flexibility index (Phi) is 4.61. The Morgan fingerprint density at radius 3 is 2.50 bits per heavy atom. The van der Waals surface area contributed by atoms with E-state index in [-0.39, 0.29) is 11.9 Å². The van der Waals surface area contributed by atoms with E-state index < -0.39 is 5.97 Å². The van der Waals surface area contributed by atoms with E-state index in [2.05, 4.69) is 17.5 Å². The second-order valence-corrected chi connectivity index (χ2v) is 8.01. The maximum Gasteiger partial charge on any atom is 0.337 e. The van der Waals surface area contributed by atoms with Crippen molar-refractivity contribution in [1.82, 2.24) is 4.90 Å². The van der Waals surface area contributed by atoms with E-state index in [1.54, 1.807) is 46.9 Å². The Labute approximate surface area is 159 Å². The number of hydrogen-bond acceptors (Lipinski definition) is 5. The van der Waals surface area contributed by atoms with Crippen LogP contribution in [-0.4, -0.2) is 30.4 Å². The smallest absolute Gasteiger partial charge is 0.337 e. The highest BCUT2D eigenvalue weighted by molar-refractivity contribution is 7.10. The van der Waals surface area contributed by atoms with Crippen LogP contribution in [0, 0.1) is 0 Å². The highest BCUT2D eigenvalue weighted by Crippen LogP contribution is 2.40. The number of thiophene rings is 2. The predicted octanol–water partition coefficient (Wildman–Crippen LogP) is 4.38. The number of rotatable bonds is 3. The molecular weight excluding hydrogens is 366 g/mol. The normalized spacial score (nSPS) is 16.2. The molecule has 0 saturated carbocycles. The average molecular weight is 383 g/mol. The molecule has 0 radical (unpaired) electrons. The van der Waals surface area contributed by atoms with Gasteiger partial charge in [-0.1, -0.05) is 6.07 Å². The third-order valence-corrected chi connectivity index (χ3v) is 6.51. The van der Waals surface area contributed by atoms with Crippen LogP contribution in [0.2, 0.25) is 0 Å². The van der Waals surface area contributed by atoms with Gasteiger partial charge >= 0.3 is 5.97 Å². The van der Waals surface area contributed by atoms with Gasteiger partial charge < -0.3 is 9.64 Å². The molecule has 0 N–H and O–H groups in total. The molecule has 6 heteroatoms. The number of ether oxygens (including phenoxy) is 1. The van der Waals surface area contributed by atoms with Crippen molar-refractivity contribution in [3.63, 3.8) is 0 Å². The summed E-state index contributed by atoms with van der Waals surface area (Å²) in [7, 11) is 1.35. The molecule has 3 aromatic rings. The monoisotopic (exact) mass is 383 g/mol. The quantitative estimate of drug-likeness (QED) is 0.631. The summed E-state index contributed by atoms with van der Waals surface area (Å²) in [5.41, 5.74) is 2.25. The number of fused-ring (bicyclic) bond motifs is 1. The first kappa shape index (κ1) is 17.0. The van der Waals surface area contributed by atoms with Gasteiger partial charge in [-0.05, 0) is 59.1 Å². The number of carbonyl (C=O) groups is 2. The Bertz CT molecular complexity index is 928. The molecule has 1 amide bonds. The van der Waals surface area contributed by atoms with E-state index in [4.69, 9.17) is 4.74 Å². The van der Waals surface area contributed by atoms with E-state index in [1.807, 2.05) is 16.3 Å². The van der Waals surface area contributed by atoms with Gasteiger partial charge in [-0.25, -0.2) is 4.79 Å². The first-order valence-electron chi connectivity index (χ1n) is 8.28. The SMILES string of the molecule is COC(=O)c1ccc(C(=O)N2CCc3sccc3[C@@H]2c2cccs2)cc1. The van der Waals surface area contributed by atoms with Gasteiger partial charge in [-0.3, -0.25) is 4.79 Å². The van der Waals surface area contributed by atoms with Crippen molar-refractivity contribution in [2.24, 2.45) is 0 Å². The van der Waals surface area contributed by atoms with Gasteiger partial charge in [0.2, 0.25) is 0 Å². The molecule has 26 heavy (non-hydrogen) atoms. The summed E-state index contributed by atoms with van der Waals surface area (Å²) in [6.07, 6.45) is 0.876. The summed E-state index contributed by atoms with van der Waals surface area (Å²) in [5, 5.41) is 4.15. The second kappa shape index (κ2) is 7.05. The molecule has 2 aromatic heterocycles. The lowest BCUT2D eigenvalue weighted by Crippen LogP contribution is -2.39. The Morgan fingerprint density at radius 2 is 1.81 bits per heavy atom. The number of hydrogen-bond donors (Lipinski definition) is 0. The van der Waals surface area contributed by atoms with E-state index in [9.17, 15) is 9.59 Å². The van der Waals surface area contributed by atoms with Gasteiger partial charge in [0.1, 0.15) is 0 Å². The molecule has 1 aromatic carbocycles. The second-order valence-electron chi connectivity index (χ2n) is 6.03. The van der Waals surface area contributed by atoms with E-state index in [0.29, 0.717) is 17.7 Å². The largest absolute Gasteiger partial charge is 0.465 e. The van der Waals surface area contributed by atoms with Gasteiger partial charge in [0.25, 0.3) is 5.91 Å². The maximum atomic E-state index is 13.2. The zero-order valence-corrected chi connectivity index (χ0v) is 15.8. The number of benzene rings is 1. The van der Waals surface area contributed by atoms with Gasteiger partial charge in [-0.2, -0.15) is 0 Å². The fourth-order valence-electron chi connectivity index (χ4n) is 3.32. The van der Waals surface area contributed by atoms with Gasteiger partial charge in [0.05, 0.1) is 18.7 Å². The van der Waals surface area contributed by atoms with Crippen molar-refractivity contribution in [3.05, 3.63) is 79.7 Å². The first-order chi connectivity index (χ1) is 12.7. The molecule has 3 heterocycles. The van der Waals surface area contributed by atoms with Crippen LogP contribution < -0.4 is 0 Å². The molecule has 4 nitrogen and oxygen atoms in total. The molecular formula is C20H17NO3S2. The van der Waals surface area contributed by atoms with Crippen molar-refractivity contribution < 1.29 is 14.3 Å². The zero-order valence-electron chi connectivity index (χ0n) is 14.2. The standard InChI is InChI=1S/C20H17NO3S2/c1-24-20(23)14-6-4-13(5-7-14)19(22)21-10-8-16-15(9-12-26-16)18(21)17-3-2-11-25-17/h2-7,9,11-12,18H,8,10H2,1H3/t18-/m1/s1. The van der Waals surface area contributed by atoms with Crippen molar-refractivity contribution >= 4 is 34.6 Å². The number of esters is 1. The van der Waals surface area contributed by atoms with Crippen LogP contribution in [0.1, 0.15) is 42.1 Å². The summed E-state index contributed by atoms with van der Waals surface area (Å²) < 4.78 is 4.72. The minimum Gasteiger partial charge on any atom is -0.465 e. The van der Waals surface area contributed by atoms with Crippen molar-refractivity contribution in [1.29, 1.82) is 0 Å². The van der Waals surface area contributed by atoms with Crippen LogP contribution in [-0.2, 0) is 11.2 Å². The Morgan fingerprint density at radius 1 is 1.04 bits per heavy atom. The average Bonchev–Trinajstić information content (AvgIpc) is 3.37. The number of amides is 1. The summed E-state index contributed by atoms with van der Waals surface area (Å²) in [6, 6.07) is 12.9. The Balaban J connectivity index is 1.67. The third kappa shape index (κ3) is 2.95. The molecule has 1 atom stereocenters. The molecule has 0 unspecified atom stereocenters. The topological polar surface area (TPSA) is 46.6 Å². The number of methoxy groups -OCH3 is 1. The molecule has 0 spiro atoms. The van der Waals surface area contributed by atoms with E-state index in [0.717, 1.165) is 6.42 Å². The van der Waals surface area contributed by atoms with Crippen LogP contribution in [0.4, 0.5) is 0 Å². The fraction of sp³-hybridized carbons (Fsp3) is 0.200. The zero-order chi connectivity index (χ0) is 18.1. The van der Waals surface area contributed by atoms with Crippen LogP contribution in [0.3, 0.4) is 0 Å². The molecule has 4 rings (SSSR count). The maximum absolute atomic E-state index is 13.2. The summed E-state index contributed by atoms with van der Waals surface area (Å²) in [6.45, 7) is 0.688. The molecule has 0 aliphatic carbocycles. The minimum absolute atomic E-state index is 0.0170. The van der Waals surface area contributed by atoms with Crippen LogP contribution in [0.15, 0.2) is 53.2 Å². The summed E-state index contributed by atoms with van der Waals surface area (Å²) >= 11 is 3.43. The lowest BCUT2D eigenvalue weighted by atomic mass is 9.97. The highest BCUT2D eigenvalue weighted by Gasteiger charge is 2.33. The lowest BCUT2D eigenvalue weighted by Gasteiger charge is -2.35. The number of carbonyl (C=O) groups excluding carboxylic acids is 2. The molecule has 0 fully saturated rings. The van der Waals surface area contributed by atoms with E-state index >= 15 is 0 Å². The summed E-state index contributed by atoms with van der Waals surface area (Å²) in [5.74, 6) is -0.419. The van der Waals surface area contributed by atoms with E-state index in [1.165, 1.54) is 22.4 Å². The van der Waals surface area contributed by atoms with Crippen molar-refractivity contribution in [3.8, 4) is 0 Å². The van der Waals surface area contributed by atoms with Crippen molar-refractivity contribution in [2.75, 3.05) is 13.7 Å². The molecule has 0 bridgehead atoms.